The van der Waals surface area contributed by atoms with E-state index in [-0.39, 0.29) is 51.0 Å². The molecule has 0 heterocycles. The maximum atomic E-state index is 2.29. The molecule has 0 fully saturated rings. The van der Waals surface area contributed by atoms with E-state index >= 15 is 0 Å². The van der Waals surface area contributed by atoms with Crippen LogP contribution in [0.25, 0.3) is 0 Å². The molecule has 1 rings (SSSR count). The summed E-state index contributed by atoms with van der Waals surface area (Å²) in [4.78, 5) is 0. The number of hydrogen-bond donors (Lipinski definition) is 0. The van der Waals surface area contributed by atoms with Crippen molar-refractivity contribution in [1.82, 2.24) is 0 Å². The Morgan fingerprint density at radius 1 is 1.21 bits per heavy atom. The molecular weight excluding hydrogens is 294 g/mol. The fraction of sp³-hybridized carbons (Fsp3) is 0.545. The normalized spacial score (nSPS) is 8.14. The first-order valence-electron chi connectivity index (χ1n) is 4.55. The minimum Gasteiger partial charge on any atom is -1.00 e. The van der Waals surface area contributed by atoms with Gasteiger partial charge in [-0.05, 0) is 0 Å². The van der Waals surface area contributed by atoms with Gasteiger partial charge in [-0.3, -0.25) is 0 Å². The maximum absolute atomic E-state index is 2.29. The second-order valence-corrected chi connectivity index (χ2v) is 3.25. The smallest absolute Gasteiger partial charge is 1.00 e. The molecule has 14 heavy (non-hydrogen) atoms. The van der Waals surface area contributed by atoms with E-state index in [4.69, 9.17) is 0 Å². The van der Waals surface area contributed by atoms with Gasteiger partial charge in [-0.1, -0.05) is 39.5 Å². The van der Waals surface area contributed by atoms with Crippen LogP contribution in [0.2, 0.25) is 0 Å². The van der Waals surface area contributed by atoms with Crippen LogP contribution in [0.5, 0.6) is 0 Å². The van der Waals surface area contributed by atoms with Crippen LogP contribution in [0.4, 0.5) is 0 Å². The summed E-state index contributed by atoms with van der Waals surface area (Å²) >= 11 is 0. The molecule has 0 N–H and O–H groups in total. The average molecular weight is 311 g/mol. The summed E-state index contributed by atoms with van der Waals surface area (Å²) in [7, 11) is 0. The summed E-state index contributed by atoms with van der Waals surface area (Å²) in [6, 6.07) is 6.72. The van der Waals surface area contributed by atoms with E-state index in [0.717, 1.165) is 0 Å². The van der Waals surface area contributed by atoms with Gasteiger partial charge < -0.3 is 24.8 Å². The molecule has 1 aromatic rings. The first kappa shape index (κ1) is 20.3. The van der Waals surface area contributed by atoms with Gasteiger partial charge in [0.15, 0.2) is 0 Å². The van der Waals surface area contributed by atoms with Crippen LogP contribution in [0.1, 0.15) is 37.3 Å². The molecule has 0 aliphatic heterocycles. The standard InChI is InChI=1S/C11H17.2ClH.Zr/c1-3-4-5-6-11-8-7-10(2)9-11;;;/h7-9H,3-6H2,1-2H3;2*1H;/q-1;;;+3/p-2. The topological polar surface area (TPSA) is 0 Å². The van der Waals surface area contributed by atoms with Crippen molar-refractivity contribution in [3.8, 4) is 0 Å². The quantitative estimate of drug-likeness (QED) is 0.424. The van der Waals surface area contributed by atoms with Crippen molar-refractivity contribution >= 4 is 0 Å². The van der Waals surface area contributed by atoms with E-state index < -0.39 is 0 Å². The third-order valence-electron chi connectivity index (χ3n) is 2.04. The summed E-state index contributed by atoms with van der Waals surface area (Å²) < 4.78 is 0. The van der Waals surface area contributed by atoms with Gasteiger partial charge in [0.05, 0.1) is 0 Å². The van der Waals surface area contributed by atoms with E-state index in [9.17, 15) is 0 Å². The van der Waals surface area contributed by atoms with Gasteiger partial charge in [0, 0.05) is 0 Å². The first-order chi connectivity index (χ1) is 5.33. The van der Waals surface area contributed by atoms with E-state index in [1.54, 1.807) is 0 Å². The van der Waals surface area contributed by atoms with Crippen molar-refractivity contribution < 1.29 is 51.0 Å². The Morgan fingerprint density at radius 3 is 2.29 bits per heavy atom. The van der Waals surface area contributed by atoms with E-state index in [0.29, 0.717) is 0 Å². The van der Waals surface area contributed by atoms with Gasteiger partial charge in [0.2, 0.25) is 0 Å². The average Bonchev–Trinajstić information content (AvgIpc) is 2.37. The zero-order chi connectivity index (χ0) is 8.10. The third kappa shape index (κ3) is 8.15. The number of unbranched alkanes of at least 4 members (excludes halogenated alkanes) is 2. The van der Waals surface area contributed by atoms with Crippen LogP contribution in [-0.2, 0) is 32.6 Å². The second kappa shape index (κ2) is 11.9. The molecule has 0 aromatic heterocycles. The molecule has 0 atom stereocenters. The Labute approximate surface area is 119 Å². The summed E-state index contributed by atoms with van der Waals surface area (Å²) in [6.07, 6.45) is 5.30. The summed E-state index contributed by atoms with van der Waals surface area (Å²) in [5.74, 6) is 0. The molecule has 0 aliphatic carbocycles. The molecule has 3 heteroatoms. The fourth-order valence-electron chi connectivity index (χ4n) is 1.36. The van der Waals surface area contributed by atoms with Gasteiger partial charge >= 0.3 is 26.2 Å². The Hall–Kier alpha value is 0.813. The molecule has 0 saturated carbocycles. The first-order valence-corrected chi connectivity index (χ1v) is 4.55. The van der Waals surface area contributed by atoms with Crippen molar-refractivity contribution in [3.63, 3.8) is 0 Å². The Kier molecular flexibility index (Phi) is 17.2. The van der Waals surface area contributed by atoms with E-state index in [1.807, 2.05) is 0 Å². The van der Waals surface area contributed by atoms with Crippen molar-refractivity contribution in [2.75, 3.05) is 0 Å². The molecule has 0 nitrogen and oxygen atoms in total. The van der Waals surface area contributed by atoms with E-state index in [2.05, 4.69) is 32.0 Å². The summed E-state index contributed by atoms with van der Waals surface area (Å²) in [6.45, 7) is 4.40. The molecule has 1 aromatic carbocycles. The van der Waals surface area contributed by atoms with Crippen LogP contribution in [-0.4, -0.2) is 0 Å². The molecule has 1 radical (unpaired) electrons. The van der Waals surface area contributed by atoms with Gasteiger partial charge in [0.25, 0.3) is 0 Å². The number of hydrogen-bond acceptors (Lipinski definition) is 0. The molecule has 0 aliphatic rings. The molecule has 0 spiro atoms. The molecule has 0 amide bonds. The molecule has 0 bridgehead atoms. The van der Waals surface area contributed by atoms with Crippen LogP contribution in [0.15, 0.2) is 18.2 Å². The van der Waals surface area contributed by atoms with Gasteiger partial charge in [-0.15, -0.1) is 0 Å². The van der Waals surface area contributed by atoms with Crippen molar-refractivity contribution in [1.29, 1.82) is 0 Å². The van der Waals surface area contributed by atoms with Crippen molar-refractivity contribution in [2.24, 2.45) is 0 Å². The third-order valence-corrected chi connectivity index (χ3v) is 2.04. The zero-order valence-corrected chi connectivity index (χ0v) is 12.8. The van der Waals surface area contributed by atoms with Crippen molar-refractivity contribution in [3.05, 3.63) is 29.3 Å². The number of rotatable bonds is 4. The Morgan fingerprint density at radius 2 is 1.86 bits per heavy atom. The number of aryl methyl sites for hydroxylation is 2. The Balaban J connectivity index is -0.000000403. The molecule has 79 valence electrons. The predicted octanol–water partition coefficient (Wildman–Crippen LogP) is -2.55. The van der Waals surface area contributed by atoms with Gasteiger partial charge in [-0.25, -0.2) is 6.07 Å². The van der Waals surface area contributed by atoms with Crippen molar-refractivity contribution in [2.45, 2.75) is 39.5 Å². The fourth-order valence-corrected chi connectivity index (χ4v) is 1.36. The predicted molar refractivity (Wildman–Crippen MR) is 50.0 cm³/mol. The van der Waals surface area contributed by atoms with E-state index in [1.165, 1.54) is 36.8 Å². The number of halogens is 2. The van der Waals surface area contributed by atoms with Crippen LogP contribution in [0.3, 0.4) is 0 Å². The van der Waals surface area contributed by atoms with Gasteiger partial charge in [-0.2, -0.15) is 23.3 Å². The molecule has 0 unspecified atom stereocenters. The monoisotopic (exact) mass is 309 g/mol. The van der Waals surface area contributed by atoms with Crippen LogP contribution in [0, 0.1) is 6.92 Å². The second-order valence-electron chi connectivity index (χ2n) is 3.25. The Bertz CT molecular complexity index is 209. The minimum absolute atomic E-state index is 0. The van der Waals surface area contributed by atoms with Gasteiger partial charge in [0.1, 0.15) is 0 Å². The molecule has 0 saturated heterocycles. The van der Waals surface area contributed by atoms with Crippen LogP contribution < -0.4 is 24.8 Å². The summed E-state index contributed by atoms with van der Waals surface area (Å²) in [5.41, 5.74) is 2.91. The maximum Gasteiger partial charge on any atom is 3.00 e. The van der Waals surface area contributed by atoms with Crippen LogP contribution >= 0.6 is 0 Å². The minimum atomic E-state index is 0. The summed E-state index contributed by atoms with van der Waals surface area (Å²) in [5, 5.41) is 0. The molecular formula is C11H17Cl2Zr. The zero-order valence-electron chi connectivity index (χ0n) is 8.82. The largest absolute Gasteiger partial charge is 3.00 e. The SMILES string of the molecule is CCCCCc1cc[c-](C)c1.[Cl-].[Cl-].[Zr+3].